The van der Waals surface area contributed by atoms with Crippen molar-refractivity contribution in [3.05, 3.63) is 58.1 Å². The molecule has 0 N–H and O–H groups in total. The van der Waals surface area contributed by atoms with Crippen molar-refractivity contribution >= 4 is 27.5 Å². The fraction of sp³-hybridized carbons (Fsp3) is 0.0769. The lowest BCUT2D eigenvalue weighted by atomic mass is 10.2. The van der Waals surface area contributed by atoms with E-state index in [1.807, 2.05) is 0 Å². The van der Waals surface area contributed by atoms with E-state index in [-0.39, 0.29) is 17.4 Å². The highest BCUT2D eigenvalue weighted by Crippen LogP contribution is 2.27. The number of rotatable bonds is 3. The SMILES string of the molecule is Fc1cc(Br)cc(Oc2cc(F)cc(CCl)c2)c1. The first-order chi connectivity index (χ1) is 8.56. The van der Waals surface area contributed by atoms with Crippen molar-refractivity contribution in [1.82, 2.24) is 0 Å². The lowest BCUT2D eigenvalue weighted by Gasteiger charge is -2.08. The van der Waals surface area contributed by atoms with Crippen LogP contribution in [0.3, 0.4) is 0 Å². The van der Waals surface area contributed by atoms with E-state index < -0.39 is 11.6 Å². The van der Waals surface area contributed by atoms with Gasteiger partial charge in [-0.2, -0.15) is 0 Å². The summed E-state index contributed by atoms with van der Waals surface area (Å²) in [5.41, 5.74) is 0.599. The molecule has 94 valence electrons. The minimum atomic E-state index is -0.446. The van der Waals surface area contributed by atoms with Gasteiger partial charge in [0.05, 0.1) is 0 Å². The third-order valence-corrected chi connectivity index (χ3v) is 2.92. The Labute approximate surface area is 116 Å². The topological polar surface area (TPSA) is 9.23 Å². The number of halogens is 4. The molecule has 0 aromatic heterocycles. The Morgan fingerprint density at radius 1 is 0.944 bits per heavy atom. The maximum atomic E-state index is 13.3. The second kappa shape index (κ2) is 5.67. The van der Waals surface area contributed by atoms with Crippen LogP contribution in [0.5, 0.6) is 11.5 Å². The van der Waals surface area contributed by atoms with Gasteiger partial charge in [-0.05, 0) is 29.8 Å². The zero-order valence-electron chi connectivity index (χ0n) is 9.09. The number of benzene rings is 2. The van der Waals surface area contributed by atoms with Gasteiger partial charge in [0, 0.05) is 22.5 Å². The van der Waals surface area contributed by atoms with Gasteiger partial charge in [-0.3, -0.25) is 0 Å². The van der Waals surface area contributed by atoms with Gasteiger partial charge in [-0.1, -0.05) is 15.9 Å². The molecule has 0 saturated heterocycles. The Morgan fingerprint density at radius 2 is 1.56 bits per heavy atom. The van der Waals surface area contributed by atoms with Crippen LogP contribution in [-0.4, -0.2) is 0 Å². The van der Waals surface area contributed by atoms with Gasteiger partial charge < -0.3 is 4.74 Å². The quantitative estimate of drug-likeness (QED) is 0.696. The van der Waals surface area contributed by atoms with E-state index in [1.165, 1.54) is 24.3 Å². The standard InChI is InChI=1S/C13H8BrClF2O/c14-9-3-11(17)6-13(4-9)18-12-2-8(7-15)1-10(16)5-12/h1-6H,7H2. The molecule has 2 aromatic rings. The summed E-state index contributed by atoms with van der Waals surface area (Å²) in [6.07, 6.45) is 0. The van der Waals surface area contributed by atoms with Crippen LogP contribution in [0.2, 0.25) is 0 Å². The van der Waals surface area contributed by atoms with Crippen LogP contribution in [0.15, 0.2) is 40.9 Å². The minimum absolute atomic E-state index is 0.182. The highest BCUT2D eigenvalue weighted by Gasteiger charge is 2.05. The Kier molecular flexibility index (Phi) is 4.19. The van der Waals surface area contributed by atoms with E-state index in [2.05, 4.69) is 15.9 Å². The zero-order chi connectivity index (χ0) is 13.1. The minimum Gasteiger partial charge on any atom is -0.457 e. The summed E-state index contributed by atoms with van der Waals surface area (Å²) in [5, 5.41) is 0. The molecular weight excluding hydrogens is 325 g/mol. The van der Waals surface area contributed by atoms with E-state index in [9.17, 15) is 8.78 Å². The summed E-state index contributed by atoms with van der Waals surface area (Å²) in [7, 11) is 0. The molecule has 0 fully saturated rings. The van der Waals surface area contributed by atoms with Crippen LogP contribution in [0.4, 0.5) is 8.78 Å². The Hall–Kier alpha value is -1.13. The highest BCUT2D eigenvalue weighted by molar-refractivity contribution is 9.10. The molecule has 0 heterocycles. The first-order valence-electron chi connectivity index (χ1n) is 5.06. The van der Waals surface area contributed by atoms with E-state index in [0.717, 1.165) is 0 Å². The van der Waals surface area contributed by atoms with Gasteiger partial charge >= 0.3 is 0 Å². The number of hydrogen-bond donors (Lipinski definition) is 0. The second-order valence-electron chi connectivity index (χ2n) is 3.64. The first kappa shape index (κ1) is 13.3. The van der Waals surface area contributed by atoms with Crippen LogP contribution in [0.25, 0.3) is 0 Å². The first-order valence-corrected chi connectivity index (χ1v) is 6.39. The van der Waals surface area contributed by atoms with Crippen molar-refractivity contribution in [2.45, 2.75) is 5.88 Å². The summed E-state index contributed by atoms with van der Waals surface area (Å²) in [4.78, 5) is 0. The third kappa shape index (κ3) is 3.43. The number of ether oxygens (including phenoxy) is 1. The molecule has 18 heavy (non-hydrogen) atoms. The average Bonchev–Trinajstić information content (AvgIpc) is 2.26. The van der Waals surface area contributed by atoms with Crippen molar-refractivity contribution in [3.63, 3.8) is 0 Å². The van der Waals surface area contributed by atoms with Gasteiger partial charge in [0.15, 0.2) is 0 Å². The molecule has 0 bridgehead atoms. The van der Waals surface area contributed by atoms with Crippen LogP contribution in [-0.2, 0) is 5.88 Å². The highest BCUT2D eigenvalue weighted by atomic mass is 79.9. The van der Waals surface area contributed by atoms with Crippen molar-refractivity contribution < 1.29 is 13.5 Å². The van der Waals surface area contributed by atoms with Gasteiger partial charge in [0.25, 0.3) is 0 Å². The van der Waals surface area contributed by atoms with Crippen LogP contribution in [0, 0.1) is 11.6 Å². The zero-order valence-corrected chi connectivity index (χ0v) is 11.4. The summed E-state index contributed by atoms with van der Waals surface area (Å²) in [6.45, 7) is 0. The molecule has 0 amide bonds. The van der Waals surface area contributed by atoms with E-state index in [0.29, 0.717) is 10.0 Å². The molecule has 0 saturated carbocycles. The van der Waals surface area contributed by atoms with Gasteiger partial charge in [0.1, 0.15) is 23.1 Å². The van der Waals surface area contributed by atoms with Gasteiger partial charge in [-0.25, -0.2) is 8.78 Å². The van der Waals surface area contributed by atoms with Crippen LogP contribution >= 0.6 is 27.5 Å². The largest absolute Gasteiger partial charge is 0.457 e. The fourth-order valence-corrected chi connectivity index (χ4v) is 2.08. The second-order valence-corrected chi connectivity index (χ2v) is 4.82. The molecule has 0 spiro atoms. The van der Waals surface area contributed by atoms with Crippen LogP contribution in [0.1, 0.15) is 5.56 Å². The maximum Gasteiger partial charge on any atom is 0.131 e. The van der Waals surface area contributed by atoms with Gasteiger partial charge in [0.2, 0.25) is 0 Å². The molecule has 0 radical (unpaired) electrons. The molecule has 0 aliphatic rings. The van der Waals surface area contributed by atoms with E-state index in [4.69, 9.17) is 16.3 Å². The van der Waals surface area contributed by atoms with E-state index in [1.54, 1.807) is 12.1 Å². The lowest BCUT2D eigenvalue weighted by Crippen LogP contribution is -1.89. The summed E-state index contributed by atoms with van der Waals surface area (Å²) in [5.74, 6) is -0.135. The Bertz CT molecular complexity index is 555. The number of alkyl halides is 1. The molecule has 0 atom stereocenters. The van der Waals surface area contributed by atoms with Crippen molar-refractivity contribution in [3.8, 4) is 11.5 Å². The molecule has 5 heteroatoms. The summed E-state index contributed by atoms with van der Waals surface area (Å²) >= 11 is 8.79. The summed E-state index contributed by atoms with van der Waals surface area (Å²) < 4.78 is 32.3. The normalized spacial score (nSPS) is 10.4. The third-order valence-electron chi connectivity index (χ3n) is 2.16. The maximum absolute atomic E-state index is 13.3. The smallest absolute Gasteiger partial charge is 0.131 e. The van der Waals surface area contributed by atoms with Gasteiger partial charge in [-0.15, -0.1) is 11.6 Å². The van der Waals surface area contributed by atoms with Crippen molar-refractivity contribution in [2.24, 2.45) is 0 Å². The lowest BCUT2D eigenvalue weighted by molar-refractivity contribution is 0.470. The summed E-state index contributed by atoms with van der Waals surface area (Å²) in [6, 6.07) is 8.26. The van der Waals surface area contributed by atoms with Crippen molar-refractivity contribution in [2.75, 3.05) is 0 Å². The molecule has 2 rings (SSSR count). The number of hydrogen-bond acceptors (Lipinski definition) is 1. The fourth-order valence-electron chi connectivity index (χ4n) is 1.48. The Balaban J connectivity index is 2.30. The van der Waals surface area contributed by atoms with Crippen LogP contribution < -0.4 is 4.74 Å². The molecule has 0 unspecified atom stereocenters. The Morgan fingerprint density at radius 3 is 2.17 bits per heavy atom. The molecule has 2 aromatic carbocycles. The average molecular weight is 334 g/mol. The molecule has 0 aliphatic heterocycles. The molecular formula is C13H8BrClF2O. The predicted octanol–water partition coefficient (Wildman–Crippen LogP) is 5.26. The van der Waals surface area contributed by atoms with Crippen molar-refractivity contribution in [1.29, 1.82) is 0 Å². The molecule has 1 nitrogen and oxygen atoms in total. The van der Waals surface area contributed by atoms with E-state index >= 15 is 0 Å². The predicted molar refractivity (Wildman–Crippen MR) is 70.1 cm³/mol. The monoisotopic (exact) mass is 332 g/mol. The molecule has 0 aliphatic carbocycles.